The van der Waals surface area contributed by atoms with Gasteiger partial charge in [0.15, 0.2) is 11.5 Å². The van der Waals surface area contributed by atoms with Crippen molar-refractivity contribution >= 4 is 34.8 Å². The Labute approximate surface area is 102 Å². The number of hydrogen-bond donors (Lipinski definition) is 1. The Morgan fingerprint density at radius 1 is 1.38 bits per heavy atom. The second-order valence-corrected chi connectivity index (χ2v) is 3.84. The molecule has 4 nitrogen and oxygen atoms in total. The van der Waals surface area contributed by atoms with Gasteiger partial charge in [0.05, 0.1) is 5.02 Å². The lowest BCUT2D eigenvalue weighted by Crippen LogP contribution is -2.17. The molecule has 1 N–H and O–H groups in total. The molecule has 0 spiro atoms. The molecule has 86 valence electrons. The van der Waals surface area contributed by atoms with Crippen molar-refractivity contribution < 1.29 is 14.3 Å². The molecule has 1 amide bonds. The van der Waals surface area contributed by atoms with E-state index in [1.165, 1.54) is 0 Å². The minimum atomic E-state index is -0.297. The molecule has 16 heavy (non-hydrogen) atoms. The third-order valence-electron chi connectivity index (χ3n) is 2.00. The zero-order chi connectivity index (χ0) is 11.5. The van der Waals surface area contributed by atoms with Gasteiger partial charge in [-0.1, -0.05) is 11.6 Å². The van der Waals surface area contributed by atoms with Crippen molar-refractivity contribution in [3.8, 4) is 11.5 Å². The first-order chi connectivity index (χ1) is 7.70. The molecule has 0 aliphatic carbocycles. The summed E-state index contributed by atoms with van der Waals surface area (Å²) in [6.07, 6.45) is 0. The van der Waals surface area contributed by atoms with E-state index in [1.807, 2.05) is 0 Å². The maximum Gasteiger partial charge on any atom is 0.239 e. The second kappa shape index (κ2) is 4.80. The van der Waals surface area contributed by atoms with Crippen molar-refractivity contribution in [2.45, 2.75) is 0 Å². The van der Waals surface area contributed by atoms with Crippen LogP contribution in [0.15, 0.2) is 12.1 Å². The van der Waals surface area contributed by atoms with E-state index in [-0.39, 0.29) is 11.8 Å². The van der Waals surface area contributed by atoms with Gasteiger partial charge in [-0.15, -0.1) is 11.6 Å². The molecule has 2 rings (SSSR count). The van der Waals surface area contributed by atoms with Crippen LogP contribution in [0, 0.1) is 0 Å². The van der Waals surface area contributed by atoms with Gasteiger partial charge in [0.25, 0.3) is 0 Å². The molecule has 1 aliphatic heterocycles. The third kappa shape index (κ3) is 2.33. The number of hydrogen-bond acceptors (Lipinski definition) is 3. The van der Waals surface area contributed by atoms with E-state index >= 15 is 0 Å². The summed E-state index contributed by atoms with van der Waals surface area (Å²) in [4.78, 5) is 11.1. The van der Waals surface area contributed by atoms with E-state index in [0.717, 1.165) is 0 Å². The molecule has 0 radical (unpaired) electrons. The van der Waals surface area contributed by atoms with Gasteiger partial charge in [-0.05, 0) is 6.07 Å². The Hall–Kier alpha value is -1.13. The summed E-state index contributed by atoms with van der Waals surface area (Å²) < 4.78 is 10.7. The Kier molecular flexibility index (Phi) is 3.41. The molecule has 0 aromatic heterocycles. The highest BCUT2D eigenvalue weighted by Crippen LogP contribution is 2.39. The predicted octanol–water partition coefficient (Wildman–Crippen LogP) is 2.29. The zero-order valence-electron chi connectivity index (χ0n) is 8.26. The number of ether oxygens (including phenoxy) is 2. The van der Waals surface area contributed by atoms with Crippen LogP contribution >= 0.6 is 23.2 Å². The van der Waals surface area contributed by atoms with Crippen LogP contribution in [0.25, 0.3) is 0 Å². The molecule has 0 bridgehead atoms. The molecular weight excluding hydrogens is 253 g/mol. The monoisotopic (exact) mass is 261 g/mol. The minimum absolute atomic E-state index is 0.105. The molecule has 1 heterocycles. The first-order valence-corrected chi connectivity index (χ1v) is 5.57. The van der Waals surface area contributed by atoms with Crippen LogP contribution in [-0.4, -0.2) is 25.0 Å². The predicted molar refractivity (Wildman–Crippen MR) is 61.8 cm³/mol. The van der Waals surface area contributed by atoms with Gasteiger partial charge in [-0.2, -0.15) is 0 Å². The number of amides is 1. The second-order valence-electron chi connectivity index (χ2n) is 3.16. The quantitative estimate of drug-likeness (QED) is 0.832. The van der Waals surface area contributed by atoms with Crippen molar-refractivity contribution in [1.82, 2.24) is 0 Å². The van der Waals surface area contributed by atoms with E-state index in [1.54, 1.807) is 12.1 Å². The van der Waals surface area contributed by atoms with E-state index in [2.05, 4.69) is 5.32 Å². The Bertz CT molecular complexity index is 423. The SMILES string of the molecule is O=C(CCl)Nc1cc(Cl)c2c(c1)OCCO2. The number of carbonyl (C=O) groups is 1. The Morgan fingerprint density at radius 3 is 2.88 bits per heavy atom. The van der Waals surface area contributed by atoms with Gasteiger partial charge in [-0.25, -0.2) is 0 Å². The van der Waals surface area contributed by atoms with E-state index in [0.29, 0.717) is 35.4 Å². The lowest BCUT2D eigenvalue weighted by molar-refractivity contribution is -0.113. The normalized spacial score (nSPS) is 13.4. The highest BCUT2D eigenvalue weighted by molar-refractivity contribution is 6.33. The number of halogens is 2. The van der Waals surface area contributed by atoms with Gasteiger partial charge in [0, 0.05) is 11.8 Å². The highest BCUT2D eigenvalue weighted by Gasteiger charge is 2.17. The van der Waals surface area contributed by atoms with Crippen molar-refractivity contribution in [2.24, 2.45) is 0 Å². The molecule has 0 saturated carbocycles. The van der Waals surface area contributed by atoms with Crippen LogP contribution in [-0.2, 0) is 4.79 Å². The molecular formula is C10H9Cl2NO3. The topological polar surface area (TPSA) is 47.6 Å². The van der Waals surface area contributed by atoms with Gasteiger partial charge >= 0.3 is 0 Å². The van der Waals surface area contributed by atoms with Gasteiger partial charge < -0.3 is 14.8 Å². The standard InChI is InChI=1S/C10H9Cl2NO3/c11-5-9(14)13-6-3-7(12)10-8(4-6)15-1-2-16-10/h3-4H,1-2,5H2,(H,13,14). The number of carbonyl (C=O) groups excluding carboxylic acids is 1. The summed E-state index contributed by atoms with van der Waals surface area (Å²) in [6.45, 7) is 0.941. The van der Waals surface area contributed by atoms with Crippen molar-refractivity contribution in [3.05, 3.63) is 17.2 Å². The molecule has 0 unspecified atom stereocenters. The summed E-state index contributed by atoms with van der Waals surface area (Å²) in [5, 5.41) is 3.00. The van der Waals surface area contributed by atoms with Gasteiger partial charge in [-0.3, -0.25) is 4.79 Å². The minimum Gasteiger partial charge on any atom is -0.486 e. The summed E-state index contributed by atoms with van der Waals surface area (Å²) in [7, 11) is 0. The fourth-order valence-electron chi connectivity index (χ4n) is 1.38. The first kappa shape index (κ1) is 11.4. The van der Waals surface area contributed by atoms with Crippen LogP contribution in [0.1, 0.15) is 0 Å². The highest BCUT2D eigenvalue weighted by atomic mass is 35.5. The lowest BCUT2D eigenvalue weighted by Gasteiger charge is -2.20. The fraction of sp³-hybridized carbons (Fsp3) is 0.300. The molecule has 0 fully saturated rings. The van der Waals surface area contributed by atoms with Crippen LogP contribution in [0.3, 0.4) is 0 Å². The third-order valence-corrected chi connectivity index (χ3v) is 2.53. The number of benzene rings is 1. The summed E-state index contributed by atoms with van der Waals surface area (Å²) in [5.41, 5.74) is 0.542. The van der Waals surface area contributed by atoms with Gasteiger partial charge in [0.2, 0.25) is 5.91 Å². The molecule has 0 saturated heterocycles. The van der Waals surface area contributed by atoms with Crippen molar-refractivity contribution in [3.63, 3.8) is 0 Å². The lowest BCUT2D eigenvalue weighted by atomic mass is 10.2. The van der Waals surface area contributed by atoms with Crippen LogP contribution in [0.2, 0.25) is 5.02 Å². The summed E-state index contributed by atoms with van der Waals surface area (Å²) in [6, 6.07) is 3.25. The number of rotatable bonds is 2. The Balaban J connectivity index is 2.28. The van der Waals surface area contributed by atoms with Gasteiger partial charge in [0.1, 0.15) is 19.1 Å². The smallest absolute Gasteiger partial charge is 0.239 e. The van der Waals surface area contributed by atoms with E-state index in [4.69, 9.17) is 32.7 Å². The van der Waals surface area contributed by atoms with Crippen LogP contribution < -0.4 is 14.8 Å². The molecule has 0 atom stereocenters. The average molecular weight is 262 g/mol. The average Bonchev–Trinajstić information content (AvgIpc) is 2.29. The maximum absolute atomic E-state index is 11.1. The summed E-state index contributed by atoms with van der Waals surface area (Å²) >= 11 is 11.4. The van der Waals surface area contributed by atoms with Crippen molar-refractivity contribution in [1.29, 1.82) is 0 Å². The fourth-order valence-corrected chi connectivity index (χ4v) is 1.71. The Morgan fingerprint density at radius 2 is 2.12 bits per heavy atom. The zero-order valence-corrected chi connectivity index (χ0v) is 9.77. The van der Waals surface area contributed by atoms with E-state index < -0.39 is 0 Å². The van der Waals surface area contributed by atoms with E-state index in [9.17, 15) is 4.79 Å². The number of fused-ring (bicyclic) bond motifs is 1. The first-order valence-electron chi connectivity index (χ1n) is 4.65. The molecule has 1 aromatic rings. The molecule has 1 aliphatic rings. The summed E-state index contributed by atoms with van der Waals surface area (Å²) in [5.74, 6) is 0.640. The van der Waals surface area contributed by atoms with Crippen molar-refractivity contribution in [2.75, 3.05) is 24.4 Å². The van der Waals surface area contributed by atoms with Crippen LogP contribution in [0.5, 0.6) is 11.5 Å². The number of anilines is 1. The molecule has 6 heteroatoms. The maximum atomic E-state index is 11.1. The number of nitrogens with one attached hydrogen (secondary N) is 1. The van der Waals surface area contributed by atoms with Crippen LogP contribution in [0.4, 0.5) is 5.69 Å². The number of alkyl halides is 1. The largest absolute Gasteiger partial charge is 0.486 e. The molecule has 1 aromatic carbocycles.